The minimum atomic E-state index is -0.275. The van der Waals surface area contributed by atoms with Gasteiger partial charge in [0.2, 0.25) is 5.13 Å². The van der Waals surface area contributed by atoms with Crippen molar-refractivity contribution < 1.29 is 13.5 Å². The van der Waals surface area contributed by atoms with Crippen LogP contribution in [0.2, 0.25) is 0 Å². The number of benzene rings is 2. The predicted molar refractivity (Wildman–Crippen MR) is 93.6 cm³/mol. The first-order valence-electron chi connectivity index (χ1n) is 7.71. The van der Waals surface area contributed by atoms with Crippen LogP contribution in [-0.4, -0.2) is 17.3 Å². The maximum absolute atomic E-state index is 13.6. The van der Waals surface area contributed by atoms with Crippen molar-refractivity contribution in [2.24, 2.45) is 0 Å². The second kappa shape index (κ2) is 8.13. The summed E-state index contributed by atoms with van der Waals surface area (Å²) in [4.78, 5) is 0. The molecule has 0 saturated heterocycles. The highest BCUT2D eigenvalue weighted by Gasteiger charge is 2.07. The number of anilines is 1. The molecule has 130 valence electrons. The molecule has 0 saturated carbocycles. The lowest BCUT2D eigenvalue weighted by molar-refractivity contribution is 0.181. The van der Waals surface area contributed by atoms with Gasteiger partial charge in [0.25, 0.3) is 0 Å². The topological polar surface area (TPSA) is 47.0 Å². The van der Waals surface area contributed by atoms with Crippen molar-refractivity contribution in [2.75, 3.05) is 12.4 Å². The van der Waals surface area contributed by atoms with Crippen molar-refractivity contribution in [2.45, 2.75) is 19.6 Å². The van der Waals surface area contributed by atoms with Crippen molar-refractivity contribution in [3.05, 3.63) is 75.8 Å². The van der Waals surface area contributed by atoms with Gasteiger partial charge in [-0.3, -0.25) is 0 Å². The monoisotopic (exact) mass is 361 g/mol. The summed E-state index contributed by atoms with van der Waals surface area (Å²) in [6.45, 7) is 0.752. The lowest BCUT2D eigenvalue weighted by atomic mass is 10.1. The Morgan fingerprint density at radius 1 is 1.04 bits per heavy atom. The van der Waals surface area contributed by atoms with Crippen LogP contribution in [0.4, 0.5) is 13.9 Å². The predicted octanol–water partition coefficient (Wildman–Crippen LogP) is 4.17. The van der Waals surface area contributed by atoms with Crippen LogP contribution in [0.5, 0.6) is 0 Å². The normalized spacial score (nSPS) is 10.8. The fourth-order valence-electron chi connectivity index (χ4n) is 2.36. The summed E-state index contributed by atoms with van der Waals surface area (Å²) in [6, 6.07) is 11.3. The third-order valence-electron chi connectivity index (χ3n) is 3.59. The van der Waals surface area contributed by atoms with E-state index in [1.807, 2.05) is 0 Å². The van der Waals surface area contributed by atoms with Gasteiger partial charge >= 0.3 is 0 Å². The van der Waals surface area contributed by atoms with Gasteiger partial charge in [0, 0.05) is 25.6 Å². The Hall–Kier alpha value is -2.38. The standard InChI is InChI=1S/C18H17F2N3OS/c1-24-11-14-8-13(4-7-16(14)20)10-21-18-23-22-17(25-18)9-12-2-5-15(19)6-3-12/h2-8H,9-11H2,1H3,(H,21,23). The van der Waals surface area contributed by atoms with E-state index in [9.17, 15) is 8.78 Å². The molecular weight excluding hydrogens is 344 g/mol. The Morgan fingerprint density at radius 3 is 2.56 bits per heavy atom. The number of hydrogen-bond acceptors (Lipinski definition) is 5. The summed E-state index contributed by atoms with van der Waals surface area (Å²) in [5.41, 5.74) is 2.44. The molecule has 25 heavy (non-hydrogen) atoms. The van der Waals surface area contributed by atoms with Crippen molar-refractivity contribution in [1.29, 1.82) is 0 Å². The fraction of sp³-hybridized carbons (Fsp3) is 0.222. The van der Waals surface area contributed by atoms with Crippen LogP contribution in [0, 0.1) is 11.6 Å². The number of methoxy groups -OCH3 is 1. The van der Waals surface area contributed by atoms with Crippen LogP contribution in [0.3, 0.4) is 0 Å². The summed E-state index contributed by atoms with van der Waals surface area (Å²) in [6.07, 6.45) is 0.605. The van der Waals surface area contributed by atoms with E-state index in [2.05, 4.69) is 15.5 Å². The van der Waals surface area contributed by atoms with E-state index < -0.39 is 0 Å². The largest absolute Gasteiger partial charge is 0.380 e. The van der Waals surface area contributed by atoms with Gasteiger partial charge in [0.05, 0.1) is 6.61 Å². The maximum Gasteiger partial charge on any atom is 0.205 e. The van der Waals surface area contributed by atoms with E-state index in [0.717, 1.165) is 16.1 Å². The molecule has 0 spiro atoms. The van der Waals surface area contributed by atoms with E-state index in [1.165, 1.54) is 36.6 Å². The molecule has 0 atom stereocenters. The molecule has 0 unspecified atom stereocenters. The van der Waals surface area contributed by atoms with Crippen LogP contribution in [0.15, 0.2) is 42.5 Å². The summed E-state index contributed by atoms with van der Waals surface area (Å²) in [5.74, 6) is -0.529. The van der Waals surface area contributed by atoms with Crippen molar-refractivity contribution >= 4 is 16.5 Å². The highest BCUT2D eigenvalue weighted by molar-refractivity contribution is 7.15. The van der Waals surface area contributed by atoms with Gasteiger partial charge in [-0.15, -0.1) is 10.2 Å². The highest BCUT2D eigenvalue weighted by Crippen LogP contribution is 2.20. The molecule has 0 radical (unpaired) electrons. The van der Waals surface area contributed by atoms with E-state index in [-0.39, 0.29) is 18.2 Å². The molecule has 0 amide bonds. The van der Waals surface area contributed by atoms with Gasteiger partial charge in [0.15, 0.2) is 0 Å². The smallest absolute Gasteiger partial charge is 0.205 e. The summed E-state index contributed by atoms with van der Waals surface area (Å²) < 4.78 is 31.5. The zero-order chi connectivity index (χ0) is 17.6. The molecule has 4 nitrogen and oxygen atoms in total. The lowest BCUT2D eigenvalue weighted by Crippen LogP contribution is -2.01. The second-order valence-corrected chi connectivity index (χ2v) is 6.58. The van der Waals surface area contributed by atoms with Gasteiger partial charge in [0.1, 0.15) is 16.6 Å². The summed E-state index contributed by atoms with van der Waals surface area (Å²) in [5, 5.41) is 13.0. The number of halogens is 2. The van der Waals surface area contributed by atoms with E-state index in [4.69, 9.17) is 4.74 Å². The quantitative estimate of drug-likeness (QED) is 0.686. The number of nitrogens with one attached hydrogen (secondary N) is 1. The molecule has 0 aliphatic heterocycles. The molecule has 0 aliphatic carbocycles. The van der Waals surface area contributed by atoms with E-state index >= 15 is 0 Å². The Morgan fingerprint density at radius 2 is 1.80 bits per heavy atom. The molecule has 7 heteroatoms. The number of rotatable bonds is 7. The first-order chi connectivity index (χ1) is 12.1. The first-order valence-corrected chi connectivity index (χ1v) is 8.52. The van der Waals surface area contributed by atoms with Crippen LogP contribution < -0.4 is 5.32 Å². The molecule has 1 aromatic heterocycles. The molecule has 1 heterocycles. The zero-order valence-electron chi connectivity index (χ0n) is 13.6. The van der Waals surface area contributed by atoms with Crippen molar-refractivity contribution in [3.63, 3.8) is 0 Å². The number of nitrogens with zero attached hydrogens (tertiary/aromatic N) is 2. The molecule has 3 rings (SSSR count). The van der Waals surface area contributed by atoms with Crippen LogP contribution in [0.25, 0.3) is 0 Å². The van der Waals surface area contributed by atoms with Gasteiger partial charge in [-0.1, -0.05) is 29.5 Å². The van der Waals surface area contributed by atoms with Crippen molar-refractivity contribution in [3.8, 4) is 0 Å². The molecule has 2 aromatic carbocycles. The van der Waals surface area contributed by atoms with E-state index in [0.29, 0.717) is 23.7 Å². The molecule has 3 aromatic rings. The average Bonchev–Trinajstić information content (AvgIpc) is 3.05. The third kappa shape index (κ3) is 4.80. The average molecular weight is 361 g/mol. The highest BCUT2D eigenvalue weighted by atomic mass is 32.1. The zero-order valence-corrected chi connectivity index (χ0v) is 14.4. The van der Waals surface area contributed by atoms with Gasteiger partial charge in [-0.2, -0.15) is 0 Å². The first kappa shape index (κ1) is 17.4. The maximum atomic E-state index is 13.6. The third-order valence-corrected chi connectivity index (χ3v) is 4.47. The molecule has 0 fully saturated rings. The Labute approximate surface area is 148 Å². The Bertz CT molecular complexity index is 837. The number of aromatic nitrogens is 2. The fourth-order valence-corrected chi connectivity index (χ4v) is 3.12. The summed E-state index contributed by atoms with van der Waals surface area (Å²) in [7, 11) is 1.54. The minimum Gasteiger partial charge on any atom is -0.380 e. The number of hydrogen-bond donors (Lipinski definition) is 1. The molecule has 0 bridgehead atoms. The van der Waals surface area contributed by atoms with Crippen molar-refractivity contribution in [1.82, 2.24) is 10.2 Å². The van der Waals surface area contributed by atoms with Crippen LogP contribution in [-0.2, 0) is 24.3 Å². The molecule has 1 N–H and O–H groups in total. The van der Waals surface area contributed by atoms with Gasteiger partial charge in [-0.25, -0.2) is 8.78 Å². The Kier molecular flexibility index (Phi) is 5.67. The molecule has 0 aliphatic rings. The number of ether oxygens (including phenoxy) is 1. The molecular formula is C18H17F2N3OS. The SMILES string of the molecule is COCc1cc(CNc2nnc(Cc3ccc(F)cc3)s2)ccc1F. The van der Waals surface area contributed by atoms with Gasteiger partial charge in [-0.05, 0) is 35.4 Å². The lowest BCUT2D eigenvalue weighted by Gasteiger charge is -2.06. The second-order valence-electron chi connectivity index (χ2n) is 5.52. The van der Waals surface area contributed by atoms with E-state index in [1.54, 1.807) is 24.3 Å². The van der Waals surface area contributed by atoms with Gasteiger partial charge < -0.3 is 10.1 Å². The van der Waals surface area contributed by atoms with Crippen LogP contribution in [0.1, 0.15) is 21.7 Å². The Balaban J connectivity index is 1.60. The minimum absolute atomic E-state index is 0.236. The van der Waals surface area contributed by atoms with Crippen LogP contribution >= 0.6 is 11.3 Å². The summed E-state index contributed by atoms with van der Waals surface area (Å²) >= 11 is 1.44.